The first kappa shape index (κ1) is 14.9. The standard InChI is InChI=1S/C21H17NO/c1-16-11-13-17(14-12-16)21-19(9-4-2-3-7-15-22)18-8-5-6-10-20(18)23-21/h5-6,8,10-14H,2-3,7H2,1H3. The van der Waals surface area contributed by atoms with Gasteiger partial charge in [0, 0.05) is 23.8 Å². The van der Waals surface area contributed by atoms with Crippen molar-refractivity contribution < 1.29 is 4.42 Å². The Bertz CT molecular complexity index is 914. The van der Waals surface area contributed by atoms with E-state index in [4.69, 9.17) is 9.68 Å². The molecule has 23 heavy (non-hydrogen) atoms. The number of nitrogens with zero attached hydrogens (tertiary/aromatic N) is 1. The maximum atomic E-state index is 8.59. The highest BCUT2D eigenvalue weighted by Gasteiger charge is 2.13. The molecule has 0 fully saturated rings. The van der Waals surface area contributed by atoms with E-state index in [0.29, 0.717) is 6.42 Å². The van der Waals surface area contributed by atoms with Crippen molar-refractivity contribution in [1.82, 2.24) is 0 Å². The molecule has 0 atom stereocenters. The molecule has 0 aliphatic heterocycles. The summed E-state index contributed by atoms with van der Waals surface area (Å²) >= 11 is 0. The molecule has 1 aromatic heterocycles. The number of benzene rings is 2. The molecular formula is C21H17NO. The smallest absolute Gasteiger partial charge is 0.151 e. The van der Waals surface area contributed by atoms with Crippen molar-refractivity contribution in [3.05, 3.63) is 59.7 Å². The molecule has 2 heteroatoms. The largest absolute Gasteiger partial charge is 0.455 e. The van der Waals surface area contributed by atoms with Gasteiger partial charge in [0.25, 0.3) is 0 Å². The Morgan fingerprint density at radius 2 is 1.78 bits per heavy atom. The second-order valence-electron chi connectivity index (χ2n) is 5.48. The maximum absolute atomic E-state index is 8.59. The molecule has 0 bridgehead atoms. The fraction of sp³-hybridized carbons (Fsp3) is 0.190. The lowest BCUT2D eigenvalue weighted by Crippen LogP contribution is -1.80. The normalized spacial score (nSPS) is 10.1. The van der Waals surface area contributed by atoms with Crippen LogP contribution in [0.1, 0.15) is 30.4 Å². The van der Waals surface area contributed by atoms with Gasteiger partial charge in [-0.05, 0) is 25.5 Å². The lowest BCUT2D eigenvalue weighted by molar-refractivity contribution is 0.630. The molecule has 0 aliphatic rings. The molecular weight excluding hydrogens is 282 g/mol. The maximum Gasteiger partial charge on any atom is 0.151 e. The van der Waals surface area contributed by atoms with Gasteiger partial charge < -0.3 is 4.42 Å². The summed E-state index contributed by atoms with van der Waals surface area (Å²) in [5.41, 5.74) is 4.04. The van der Waals surface area contributed by atoms with Gasteiger partial charge >= 0.3 is 0 Å². The van der Waals surface area contributed by atoms with Crippen LogP contribution in [0.15, 0.2) is 52.9 Å². The number of nitriles is 1. The second kappa shape index (κ2) is 6.86. The predicted octanol–water partition coefficient (Wildman–Crippen LogP) is 5.45. The van der Waals surface area contributed by atoms with Crippen molar-refractivity contribution >= 4 is 11.0 Å². The van der Waals surface area contributed by atoms with Crippen molar-refractivity contribution in [1.29, 1.82) is 5.26 Å². The van der Waals surface area contributed by atoms with Crippen molar-refractivity contribution in [3.8, 4) is 29.2 Å². The second-order valence-corrected chi connectivity index (χ2v) is 5.48. The lowest BCUT2D eigenvalue weighted by atomic mass is 10.0. The van der Waals surface area contributed by atoms with E-state index in [1.54, 1.807) is 0 Å². The van der Waals surface area contributed by atoms with Crippen LogP contribution in [-0.2, 0) is 0 Å². The van der Waals surface area contributed by atoms with Crippen LogP contribution in [0, 0.1) is 30.1 Å². The fourth-order valence-corrected chi connectivity index (χ4v) is 2.48. The van der Waals surface area contributed by atoms with Gasteiger partial charge in [-0.15, -0.1) is 0 Å². The zero-order valence-corrected chi connectivity index (χ0v) is 13.1. The molecule has 0 N–H and O–H groups in total. The third-order valence-electron chi connectivity index (χ3n) is 3.71. The number of fused-ring (bicyclic) bond motifs is 1. The topological polar surface area (TPSA) is 36.9 Å². The predicted molar refractivity (Wildman–Crippen MR) is 92.7 cm³/mol. The highest BCUT2D eigenvalue weighted by atomic mass is 16.3. The van der Waals surface area contributed by atoms with Gasteiger partial charge in [0.05, 0.1) is 11.6 Å². The summed E-state index contributed by atoms with van der Waals surface area (Å²) in [6.45, 7) is 2.07. The molecule has 3 rings (SSSR count). The highest BCUT2D eigenvalue weighted by molar-refractivity contribution is 5.91. The first-order valence-corrected chi connectivity index (χ1v) is 7.74. The fourth-order valence-electron chi connectivity index (χ4n) is 2.48. The van der Waals surface area contributed by atoms with Gasteiger partial charge in [-0.25, -0.2) is 0 Å². The number of furan rings is 1. The molecule has 112 valence electrons. The van der Waals surface area contributed by atoms with Gasteiger partial charge in [0.15, 0.2) is 5.76 Å². The van der Waals surface area contributed by atoms with E-state index in [2.05, 4.69) is 49.1 Å². The summed E-state index contributed by atoms with van der Waals surface area (Å²) in [5.74, 6) is 7.25. The summed E-state index contributed by atoms with van der Waals surface area (Å²) < 4.78 is 6.05. The van der Waals surface area contributed by atoms with Gasteiger partial charge in [-0.2, -0.15) is 5.26 Å². The summed E-state index contributed by atoms with van der Waals surface area (Å²) in [5, 5.41) is 9.63. The molecule has 0 saturated carbocycles. The van der Waals surface area contributed by atoms with Crippen molar-refractivity contribution in [2.75, 3.05) is 0 Å². The Hall–Kier alpha value is -2.97. The van der Waals surface area contributed by atoms with E-state index in [0.717, 1.165) is 40.7 Å². The van der Waals surface area contributed by atoms with E-state index in [9.17, 15) is 0 Å². The SMILES string of the molecule is Cc1ccc(-c2oc3ccccc3c2C#CCCCC#N)cc1. The van der Waals surface area contributed by atoms with Crippen LogP contribution in [0.3, 0.4) is 0 Å². The Balaban J connectivity index is 2.04. The Kier molecular flexibility index (Phi) is 4.46. The molecule has 0 amide bonds. The van der Waals surface area contributed by atoms with Crippen LogP contribution in [0.25, 0.3) is 22.3 Å². The zero-order chi connectivity index (χ0) is 16.1. The van der Waals surface area contributed by atoms with Crippen LogP contribution < -0.4 is 0 Å². The minimum absolute atomic E-state index is 0.547. The summed E-state index contributed by atoms with van der Waals surface area (Å²) in [4.78, 5) is 0. The number of hydrogen-bond acceptors (Lipinski definition) is 2. The van der Waals surface area contributed by atoms with Gasteiger partial charge in [0.2, 0.25) is 0 Å². The summed E-state index contributed by atoms with van der Waals surface area (Å²) in [6, 6.07) is 18.4. The molecule has 2 nitrogen and oxygen atoms in total. The molecule has 0 unspecified atom stereocenters. The first-order valence-electron chi connectivity index (χ1n) is 7.74. The minimum atomic E-state index is 0.547. The monoisotopic (exact) mass is 299 g/mol. The van der Waals surface area contributed by atoms with Crippen LogP contribution in [0.2, 0.25) is 0 Å². The van der Waals surface area contributed by atoms with E-state index in [-0.39, 0.29) is 0 Å². The third-order valence-corrected chi connectivity index (χ3v) is 3.71. The Morgan fingerprint density at radius 1 is 1.00 bits per heavy atom. The lowest BCUT2D eigenvalue weighted by Gasteiger charge is -1.99. The van der Waals surface area contributed by atoms with Crippen LogP contribution in [0.5, 0.6) is 0 Å². The molecule has 0 radical (unpaired) electrons. The van der Waals surface area contributed by atoms with E-state index in [1.807, 2.05) is 24.3 Å². The minimum Gasteiger partial charge on any atom is -0.455 e. The highest BCUT2D eigenvalue weighted by Crippen LogP contribution is 2.33. The molecule has 0 spiro atoms. The van der Waals surface area contributed by atoms with E-state index < -0.39 is 0 Å². The van der Waals surface area contributed by atoms with E-state index >= 15 is 0 Å². The molecule has 3 aromatic rings. The number of rotatable bonds is 3. The van der Waals surface area contributed by atoms with Crippen LogP contribution in [-0.4, -0.2) is 0 Å². The zero-order valence-electron chi connectivity index (χ0n) is 13.1. The molecule has 0 aliphatic carbocycles. The van der Waals surface area contributed by atoms with Crippen molar-refractivity contribution in [2.24, 2.45) is 0 Å². The first-order chi connectivity index (χ1) is 11.3. The number of para-hydroxylation sites is 1. The third kappa shape index (κ3) is 3.28. The van der Waals surface area contributed by atoms with Crippen molar-refractivity contribution in [2.45, 2.75) is 26.2 Å². The average Bonchev–Trinajstić information content (AvgIpc) is 2.94. The van der Waals surface area contributed by atoms with Gasteiger partial charge in [-0.3, -0.25) is 0 Å². The quantitative estimate of drug-likeness (QED) is 0.476. The molecule has 0 saturated heterocycles. The van der Waals surface area contributed by atoms with Crippen LogP contribution in [0.4, 0.5) is 0 Å². The number of hydrogen-bond donors (Lipinski definition) is 0. The van der Waals surface area contributed by atoms with Gasteiger partial charge in [0.1, 0.15) is 5.58 Å². The Morgan fingerprint density at radius 3 is 2.57 bits per heavy atom. The molecule has 1 heterocycles. The molecule has 2 aromatic carbocycles. The van der Waals surface area contributed by atoms with Crippen molar-refractivity contribution in [3.63, 3.8) is 0 Å². The van der Waals surface area contributed by atoms with E-state index in [1.165, 1.54) is 5.56 Å². The Labute approximate surface area is 136 Å². The average molecular weight is 299 g/mol. The van der Waals surface area contributed by atoms with Gasteiger partial charge in [-0.1, -0.05) is 53.8 Å². The summed E-state index contributed by atoms with van der Waals surface area (Å²) in [7, 11) is 0. The summed E-state index contributed by atoms with van der Waals surface area (Å²) in [6.07, 6.45) is 2.07. The number of aryl methyl sites for hydroxylation is 1. The number of unbranched alkanes of at least 4 members (excludes halogenated alkanes) is 2. The van der Waals surface area contributed by atoms with Crippen LogP contribution >= 0.6 is 0 Å².